The number of benzene rings is 1. The Labute approximate surface area is 206 Å². The maximum Gasteiger partial charge on any atom is 0.283 e. The molecule has 13 heteroatoms. The van der Waals surface area contributed by atoms with Crippen LogP contribution >= 0.6 is 0 Å². The summed E-state index contributed by atoms with van der Waals surface area (Å²) in [5.74, 6) is 1.13. The number of carbonyl (C=O) groups excluding carboxylic acids is 1. The van der Waals surface area contributed by atoms with Crippen LogP contribution in [0.3, 0.4) is 0 Å². The Morgan fingerprint density at radius 1 is 1.28 bits per heavy atom. The molecule has 0 bridgehead atoms. The number of nitrogens with zero attached hydrogens (tertiary/aromatic N) is 6. The van der Waals surface area contributed by atoms with E-state index in [2.05, 4.69) is 30.2 Å². The van der Waals surface area contributed by atoms with Crippen LogP contribution in [-0.4, -0.2) is 94.6 Å². The number of methoxy groups -OCH3 is 1. The van der Waals surface area contributed by atoms with Crippen molar-refractivity contribution < 1.29 is 24.1 Å². The Bertz CT molecular complexity index is 1320. The summed E-state index contributed by atoms with van der Waals surface area (Å²) < 4.78 is 18.8. The molecular formula is C23H28N8O5. The Hall–Kier alpha value is -3.81. The van der Waals surface area contributed by atoms with E-state index < -0.39 is 12.0 Å². The molecule has 1 saturated heterocycles. The molecular weight excluding hydrogens is 468 g/mol. The number of nitrogen functional groups attached to an aromatic ring is 1. The van der Waals surface area contributed by atoms with Gasteiger partial charge in [0.1, 0.15) is 24.0 Å². The lowest BCUT2D eigenvalue weighted by atomic mass is 10.2. The van der Waals surface area contributed by atoms with Gasteiger partial charge in [0.2, 0.25) is 11.6 Å². The summed E-state index contributed by atoms with van der Waals surface area (Å²) in [6.07, 6.45) is 1.97. The molecule has 0 unspecified atom stereocenters. The number of nitrogens with one attached hydrogen (secondary N) is 1. The Morgan fingerprint density at radius 3 is 2.81 bits per heavy atom. The summed E-state index contributed by atoms with van der Waals surface area (Å²) in [4.78, 5) is 31.5. The minimum Gasteiger partial charge on any atom is -0.491 e. The molecule has 0 aliphatic carbocycles. The second-order valence-electron chi connectivity index (χ2n) is 8.46. The molecule has 1 fully saturated rings. The zero-order chi connectivity index (χ0) is 25.1. The Balaban J connectivity index is 1.46. The molecule has 0 spiro atoms. The third-order valence-corrected chi connectivity index (χ3v) is 6.03. The van der Waals surface area contributed by atoms with Crippen LogP contribution in [0, 0.1) is 0 Å². The van der Waals surface area contributed by atoms with Crippen molar-refractivity contribution in [1.82, 2.24) is 24.4 Å². The fourth-order valence-electron chi connectivity index (χ4n) is 4.27. The van der Waals surface area contributed by atoms with Crippen molar-refractivity contribution in [2.45, 2.75) is 12.6 Å². The van der Waals surface area contributed by atoms with Crippen LogP contribution in [0.1, 0.15) is 10.4 Å². The summed E-state index contributed by atoms with van der Waals surface area (Å²) >= 11 is 0. The first-order valence-corrected chi connectivity index (χ1v) is 11.7. The predicted octanol–water partition coefficient (Wildman–Crippen LogP) is -0.344. The van der Waals surface area contributed by atoms with Crippen LogP contribution in [0.15, 0.2) is 29.5 Å². The Morgan fingerprint density at radius 2 is 2.06 bits per heavy atom. The summed E-state index contributed by atoms with van der Waals surface area (Å²) in [7, 11) is 1.52. The van der Waals surface area contributed by atoms with Crippen LogP contribution in [0.25, 0.3) is 10.9 Å². The number of morpholine rings is 1. The van der Waals surface area contributed by atoms with Gasteiger partial charge in [-0.05, 0) is 12.1 Å². The van der Waals surface area contributed by atoms with E-state index in [0.717, 1.165) is 24.3 Å². The monoisotopic (exact) mass is 496 g/mol. The highest BCUT2D eigenvalue weighted by Crippen LogP contribution is 2.37. The second kappa shape index (κ2) is 10.4. The van der Waals surface area contributed by atoms with Crippen molar-refractivity contribution >= 4 is 28.6 Å². The van der Waals surface area contributed by atoms with Crippen LogP contribution in [0.2, 0.25) is 0 Å². The number of β-amino-alcohol motifs (C(OH)–C–C–N with tert-alkyl or cyclic N) is 1. The van der Waals surface area contributed by atoms with Gasteiger partial charge in [0.05, 0.1) is 25.9 Å². The lowest BCUT2D eigenvalue weighted by Crippen LogP contribution is -2.42. The van der Waals surface area contributed by atoms with E-state index in [1.165, 1.54) is 19.5 Å². The molecule has 1 amide bonds. The van der Waals surface area contributed by atoms with Crippen molar-refractivity contribution in [3.8, 4) is 11.5 Å². The number of fused-ring (bicyclic) bond motifs is 3. The van der Waals surface area contributed by atoms with E-state index in [1.807, 2.05) is 10.6 Å². The third-order valence-electron chi connectivity index (χ3n) is 6.03. The number of hydrogen-bond donors (Lipinski definition) is 3. The number of amides is 1. The molecule has 5 rings (SSSR count). The van der Waals surface area contributed by atoms with E-state index in [-0.39, 0.29) is 23.7 Å². The zero-order valence-corrected chi connectivity index (χ0v) is 19.9. The minimum absolute atomic E-state index is 0.0715. The van der Waals surface area contributed by atoms with Gasteiger partial charge in [-0.25, -0.2) is 15.0 Å². The number of nitrogens with two attached hydrogens (primary N) is 1. The molecule has 2 aromatic heterocycles. The molecule has 3 aromatic rings. The molecule has 13 nitrogen and oxygen atoms in total. The van der Waals surface area contributed by atoms with E-state index in [0.29, 0.717) is 49.9 Å². The van der Waals surface area contributed by atoms with Gasteiger partial charge >= 0.3 is 0 Å². The van der Waals surface area contributed by atoms with Gasteiger partial charge in [0.15, 0.2) is 11.5 Å². The van der Waals surface area contributed by atoms with Gasteiger partial charge in [-0.3, -0.25) is 14.3 Å². The predicted molar refractivity (Wildman–Crippen MR) is 130 cm³/mol. The summed E-state index contributed by atoms with van der Waals surface area (Å²) in [5, 5.41) is 14.6. The maximum absolute atomic E-state index is 12.8. The highest BCUT2D eigenvalue weighted by Gasteiger charge is 2.22. The average Bonchev–Trinajstić information content (AvgIpc) is 3.39. The van der Waals surface area contributed by atoms with Crippen molar-refractivity contribution in [2.24, 2.45) is 4.99 Å². The molecule has 4 heterocycles. The fraction of sp³-hybridized carbons (Fsp3) is 0.435. The van der Waals surface area contributed by atoms with E-state index in [9.17, 15) is 9.90 Å². The number of aromatic nitrogens is 4. The van der Waals surface area contributed by atoms with Gasteiger partial charge in [0.25, 0.3) is 5.91 Å². The van der Waals surface area contributed by atoms with Crippen LogP contribution in [0.5, 0.6) is 11.5 Å². The van der Waals surface area contributed by atoms with Crippen molar-refractivity contribution in [1.29, 1.82) is 0 Å². The normalized spacial score (nSPS) is 17.0. The Kier molecular flexibility index (Phi) is 6.93. The van der Waals surface area contributed by atoms with E-state index in [1.54, 1.807) is 6.07 Å². The van der Waals surface area contributed by atoms with Gasteiger partial charge < -0.3 is 30.4 Å². The molecule has 1 aromatic carbocycles. The highest BCUT2D eigenvalue weighted by molar-refractivity contribution is 5.96. The molecule has 0 saturated carbocycles. The number of hydrogen-bond acceptors (Lipinski definition) is 11. The van der Waals surface area contributed by atoms with Gasteiger partial charge in [-0.1, -0.05) is 0 Å². The molecule has 1 atom stereocenters. The fourth-order valence-corrected chi connectivity index (χ4v) is 4.27. The lowest BCUT2D eigenvalue weighted by molar-refractivity contribution is 0.00447. The summed E-state index contributed by atoms with van der Waals surface area (Å²) in [5.41, 5.74) is 6.41. The summed E-state index contributed by atoms with van der Waals surface area (Å²) in [6.45, 7) is 4.72. The standard InChI is InChI=1S/C23H28N8O5/c1-34-19-17(36-13-15(32)12-30-6-8-35-9-7-30)3-2-16-18(19)28-23(31-5-4-25-20(16)31)29-21(33)14-10-26-22(24)27-11-14/h2-3,10-11,15,25,32H,4-9,12-13H2,1H3,(H2,24,26,27)/t15-/m1/s1. The SMILES string of the molecule is COc1c(OC[C@H](O)CN2CCOCC2)ccc2c3n(c(=NC(=O)c4cnc(N)nc4)nc12)CCN3. The number of aliphatic hydroxyl groups is 1. The first-order valence-electron chi connectivity index (χ1n) is 11.7. The maximum atomic E-state index is 12.8. The molecule has 2 aliphatic rings. The van der Waals surface area contributed by atoms with Gasteiger partial charge in [0, 0.05) is 50.5 Å². The van der Waals surface area contributed by atoms with Gasteiger partial charge in [-0.2, -0.15) is 4.99 Å². The number of rotatable bonds is 7. The van der Waals surface area contributed by atoms with Crippen LogP contribution < -0.4 is 26.1 Å². The number of anilines is 2. The van der Waals surface area contributed by atoms with Crippen LogP contribution in [0.4, 0.5) is 11.8 Å². The highest BCUT2D eigenvalue weighted by atomic mass is 16.5. The average molecular weight is 497 g/mol. The number of ether oxygens (including phenoxy) is 3. The number of aliphatic hydroxyl groups excluding tert-OH is 1. The zero-order valence-electron chi connectivity index (χ0n) is 19.9. The van der Waals surface area contributed by atoms with E-state index >= 15 is 0 Å². The molecule has 4 N–H and O–H groups in total. The molecule has 36 heavy (non-hydrogen) atoms. The number of carbonyl (C=O) groups is 1. The van der Waals surface area contributed by atoms with Crippen molar-refractivity contribution in [3.05, 3.63) is 35.7 Å². The van der Waals surface area contributed by atoms with Crippen molar-refractivity contribution in [3.63, 3.8) is 0 Å². The topological polar surface area (TPSA) is 162 Å². The van der Waals surface area contributed by atoms with Crippen molar-refractivity contribution in [2.75, 3.05) is 64.2 Å². The first-order chi connectivity index (χ1) is 17.5. The minimum atomic E-state index is -0.681. The molecule has 0 radical (unpaired) electrons. The third kappa shape index (κ3) is 4.94. The largest absolute Gasteiger partial charge is 0.491 e. The lowest BCUT2D eigenvalue weighted by Gasteiger charge is -2.28. The van der Waals surface area contributed by atoms with Crippen LogP contribution in [-0.2, 0) is 11.3 Å². The summed E-state index contributed by atoms with van der Waals surface area (Å²) in [6, 6.07) is 3.66. The van der Waals surface area contributed by atoms with E-state index in [4.69, 9.17) is 19.9 Å². The molecule has 2 aliphatic heterocycles. The van der Waals surface area contributed by atoms with Gasteiger partial charge in [-0.15, -0.1) is 0 Å². The second-order valence-corrected chi connectivity index (χ2v) is 8.46. The first kappa shape index (κ1) is 23.9. The molecule has 190 valence electrons. The smallest absolute Gasteiger partial charge is 0.283 e. The quantitative estimate of drug-likeness (QED) is 0.392.